The van der Waals surface area contributed by atoms with Crippen LogP contribution in [0.5, 0.6) is 0 Å². The first-order valence-electron chi connectivity index (χ1n) is 7.63. The summed E-state index contributed by atoms with van der Waals surface area (Å²) < 4.78 is 5.32. The third kappa shape index (κ3) is 5.32. The van der Waals surface area contributed by atoms with Gasteiger partial charge in [0.1, 0.15) is 11.0 Å². The van der Waals surface area contributed by atoms with Crippen molar-refractivity contribution in [2.45, 2.75) is 50.2 Å². The van der Waals surface area contributed by atoms with Gasteiger partial charge >= 0.3 is 6.09 Å². The Hall–Kier alpha value is -1.94. The molecular weight excluding hydrogens is 312 g/mol. The van der Waals surface area contributed by atoms with Gasteiger partial charge in [0.05, 0.1) is 10.6 Å². The Balaban J connectivity index is 2.01. The Morgan fingerprint density at radius 2 is 2.35 bits per heavy atom. The molecule has 2 heterocycles. The molecule has 6 nitrogen and oxygen atoms in total. The summed E-state index contributed by atoms with van der Waals surface area (Å²) in [6.07, 6.45) is 4.93. The Labute approximate surface area is 141 Å². The maximum absolute atomic E-state index is 11.9. The molecule has 0 bridgehead atoms. The van der Waals surface area contributed by atoms with Crippen LogP contribution < -0.4 is 10.2 Å². The van der Waals surface area contributed by atoms with Crippen molar-refractivity contribution in [2.75, 3.05) is 18.0 Å². The molecule has 1 fully saturated rings. The number of ether oxygens (including phenoxy) is 1. The number of carbonyl (C=O) groups is 1. The number of piperidine rings is 1. The maximum atomic E-state index is 11.9. The fourth-order valence-corrected chi connectivity index (χ4v) is 3.06. The molecule has 1 saturated heterocycles. The van der Waals surface area contributed by atoms with E-state index in [1.54, 1.807) is 12.4 Å². The lowest BCUT2D eigenvalue weighted by atomic mass is 10.1. The molecule has 1 aliphatic rings. The highest BCUT2D eigenvalue weighted by molar-refractivity contribution is 8.03. The van der Waals surface area contributed by atoms with Crippen molar-refractivity contribution < 1.29 is 9.53 Å². The van der Waals surface area contributed by atoms with E-state index in [0.717, 1.165) is 41.7 Å². The lowest BCUT2D eigenvalue weighted by Crippen LogP contribution is -2.49. The van der Waals surface area contributed by atoms with Crippen LogP contribution in [0.3, 0.4) is 0 Å². The second kappa shape index (κ2) is 7.55. The smallest absolute Gasteiger partial charge is 0.407 e. The van der Waals surface area contributed by atoms with Gasteiger partial charge in [-0.15, -0.1) is 0 Å². The van der Waals surface area contributed by atoms with Crippen molar-refractivity contribution in [3.8, 4) is 5.40 Å². The van der Waals surface area contributed by atoms with Crippen LogP contribution in [0.4, 0.5) is 10.5 Å². The van der Waals surface area contributed by atoms with Crippen molar-refractivity contribution in [2.24, 2.45) is 0 Å². The van der Waals surface area contributed by atoms with Gasteiger partial charge < -0.3 is 15.0 Å². The van der Waals surface area contributed by atoms with Gasteiger partial charge in [0.2, 0.25) is 0 Å². The Morgan fingerprint density at radius 3 is 3.04 bits per heavy atom. The average Bonchev–Trinajstić information content (AvgIpc) is 2.46. The number of alkyl carbamates (subject to hydrolysis) is 1. The van der Waals surface area contributed by atoms with Crippen LogP contribution in [0.1, 0.15) is 33.6 Å². The lowest BCUT2D eigenvalue weighted by molar-refractivity contribution is 0.0500. The minimum atomic E-state index is -0.500. The van der Waals surface area contributed by atoms with Crippen molar-refractivity contribution >= 4 is 23.5 Å². The molecule has 23 heavy (non-hydrogen) atoms. The first-order chi connectivity index (χ1) is 10.9. The summed E-state index contributed by atoms with van der Waals surface area (Å²) in [4.78, 5) is 19.0. The zero-order chi connectivity index (χ0) is 16.9. The predicted molar refractivity (Wildman–Crippen MR) is 90.3 cm³/mol. The highest BCUT2D eigenvalue weighted by Crippen LogP contribution is 2.30. The van der Waals surface area contributed by atoms with E-state index in [1.807, 2.05) is 26.8 Å². The van der Waals surface area contributed by atoms with E-state index in [2.05, 4.69) is 20.6 Å². The number of anilines is 1. The third-order valence-corrected chi connectivity index (χ3v) is 4.03. The highest BCUT2D eigenvalue weighted by atomic mass is 32.2. The highest BCUT2D eigenvalue weighted by Gasteiger charge is 2.25. The fraction of sp³-hybridized carbons (Fsp3) is 0.562. The Morgan fingerprint density at radius 1 is 1.57 bits per heavy atom. The number of pyridine rings is 1. The number of nitriles is 1. The summed E-state index contributed by atoms with van der Waals surface area (Å²) in [6, 6.07) is 1.95. The van der Waals surface area contributed by atoms with Crippen LogP contribution in [0.25, 0.3) is 0 Å². The van der Waals surface area contributed by atoms with Crippen LogP contribution in [0.15, 0.2) is 23.4 Å². The van der Waals surface area contributed by atoms with Gasteiger partial charge in [-0.25, -0.2) is 4.79 Å². The van der Waals surface area contributed by atoms with Gasteiger partial charge in [-0.1, -0.05) is 0 Å². The number of aromatic nitrogens is 1. The molecule has 124 valence electrons. The predicted octanol–water partition coefficient (Wildman–Crippen LogP) is 3.15. The molecule has 1 aliphatic heterocycles. The molecule has 1 aromatic heterocycles. The largest absolute Gasteiger partial charge is 0.444 e. The molecule has 1 aromatic rings. The topological polar surface area (TPSA) is 78.2 Å². The number of thiocyanates is 1. The fourth-order valence-electron chi connectivity index (χ4n) is 2.55. The summed E-state index contributed by atoms with van der Waals surface area (Å²) >= 11 is 1.11. The summed E-state index contributed by atoms with van der Waals surface area (Å²) in [7, 11) is 0. The van der Waals surface area contributed by atoms with Crippen LogP contribution in [-0.4, -0.2) is 35.8 Å². The minimum absolute atomic E-state index is 0.0340. The van der Waals surface area contributed by atoms with Gasteiger partial charge in [0, 0.05) is 31.5 Å². The van der Waals surface area contributed by atoms with Crippen LogP contribution in [0.2, 0.25) is 0 Å². The molecule has 0 aliphatic carbocycles. The Kier molecular flexibility index (Phi) is 5.72. The van der Waals surface area contributed by atoms with E-state index in [4.69, 9.17) is 10.00 Å². The number of nitrogens with one attached hydrogen (secondary N) is 1. The first-order valence-corrected chi connectivity index (χ1v) is 8.45. The molecule has 2 rings (SSSR count). The molecule has 1 amide bonds. The molecular formula is C16H22N4O2S. The SMILES string of the molecule is CC(C)(C)OC(=O)N[C@H]1CCCN(c2ccncc2SC#N)C1. The van der Waals surface area contributed by atoms with Crippen molar-refractivity contribution in [1.82, 2.24) is 10.3 Å². The number of amides is 1. The zero-order valence-corrected chi connectivity index (χ0v) is 14.5. The minimum Gasteiger partial charge on any atom is -0.444 e. The average molecular weight is 334 g/mol. The molecule has 0 spiro atoms. The lowest BCUT2D eigenvalue weighted by Gasteiger charge is -2.35. The van der Waals surface area contributed by atoms with Crippen molar-refractivity contribution in [3.63, 3.8) is 0 Å². The summed E-state index contributed by atoms with van der Waals surface area (Å²) in [5.41, 5.74) is 0.488. The van der Waals surface area contributed by atoms with E-state index in [9.17, 15) is 4.79 Å². The van der Waals surface area contributed by atoms with E-state index in [1.165, 1.54) is 0 Å². The standard InChI is InChI=1S/C16H22N4O2S/c1-16(2,3)22-15(21)19-12-5-4-8-20(10-12)13-6-7-18-9-14(13)23-11-17/h6-7,9,12H,4-5,8,10H2,1-3H3,(H,19,21)/t12-/m0/s1. The summed E-state index contributed by atoms with van der Waals surface area (Å²) in [6.45, 7) is 7.14. The third-order valence-electron chi connectivity index (χ3n) is 3.40. The van der Waals surface area contributed by atoms with Crippen LogP contribution >= 0.6 is 11.8 Å². The van der Waals surface area contributed by atoms with Gasteiger partial charge in [0.25, 0.3) is 0 Å². The zero-order valence-electron chi connectivity index (χ0n) is 13.7. The van der Waals surface area contributed by atoms with E-state index in [0.29, 0.717) is 6.54 Å². The molecule has 7 heteroatoms. The molecule has 0 aromatic carbocycles. The van der Waals surface area contributed by atoms with Gasteiger partial charge in [-0.2, -0.15) is 5.26 Å². The van der Waals surface area contributed by atoms with Gasteiger partial charge in [0.15, 0.2) is 0 Å². The second-order valence-corrected chi connectivity index (χ2v) is 7.29. The van der Waals surface area contributed by atoms with Crippen LogP contribution in [-0.2, 0) is 4.74 Å². The Bertz CT molecular complexity index is 594. The normalized spacial score (nSPS) is 18.2. The number of thioether (sulfide) groups is 1. The summed E-state index contributed by atoms with van der Waals surface area (Å²) in [5.74, 6) is 0. The molecule has 0 radical (unpaired) electrons. The molecule has 0 saturated carbocycles. The van der Waals surface area contributed by atoms with Crippen molar-refractivity contribution in [3.05, 3.63) is 18.5 Å². The van der Waals surface area contributed by atoms with Crippen molar-refractivity contribution in [1.29, 1.82) is 5.26 Å². The number of carbonyl (C=O) groups excluding carboxylic acids is 1. The quantitative estimate of drug-likeness (QED) is 0.676. The number of hydrogen-bond acceptors (Lipinski definition) is 6. The molecule has 0 unspecified atom stereocenters. The van der Waals surface area contributed by atoms with Crippen LogP contribution in [0, 0.1) is 10.7 Å². The van der Waals surface area contributed by atoms with E-state index >= 15 is 0 Å². The van der Waals surface area contributed by atoms with E-state index < -0.39 is 5.60 Å². The number of hydrogen-bond donors (Lipinski definition) is 1. The maximum Gasteiger partial charge on any atom is 0.407 e. The second-order valence-electron chi connectivity index (χ2n) is 6.47. The first kappa shape index (κ1) is 17.4. The monoisotopic (exact) mass is 334 g/mol. The van der Waals surface area contributed by atoms with Gasteiger partial charge in [-0.3, -0.25) is 4.98 Å². The molecule has 1 atom stereocenters. The van der Waals surface area contributed by atoms with E-state index in [-0.39, 0.29) is 12.1 Å². The molecule has 1 N–H and O–H groups in total. The van der Waals surface area contributed by atoms with Gasteiger partial charge in [-0.05, 0) is 51.4 Å². The number of rotatable bonds is 3. The summed E-state index contributed by atoms with van der Waals surface area (Å²) in [5, 5.41) is 13.9. The number of nitrogens with zero attached hydrogens (tertiary/aromatic N) is 3.